The van der Waals surface area contributed by atoms with Crippen molar-refractivity contribution in [3.05, 3.63) is 28.7 Å². The van der Waals surface area contributed by atoms with Gasteiger partial charge in [-0.15, -0.1) is 0 Å². The monoisotopic (exact) mass is 382 g/mol. The van der Waals surface area contributed by atoms with E-state index in [0.29, 0.717) is 24.3 Å². The van der Waals surface area contributed by atoms with Gasteiger partial charge in [-0.2, -0.15) is 0 Å². The van der Waals surface area contributed by atoms with Gasteiger partial charge in [0.1, 0.15) is 5.82 Å². The number of nitrogens with zero attached hydrogens (tertiary/aromatic N) is 2. The topological polar surface area (TPSA) is 70.1 Å². The first kappa shape index (κ1) is 18.4. The van der Waals surface area contributed by atoms with Gasteiger partial charge in [0.15, 0.2) is 4.77 Å². The van der Waals surface area contributed by atoms with Crippen molar-refractivity contribution >= 4 is 33.8 Å². The van der Waals surface area contributed by atoms with E-state index < -0.39 is 15.3 Å². The predicted molar refractivity (Wildman–Crippen MR) is 105 cm³/mol. The number of imidazole rings is 1. The molecule has 2 heterocycles. The van der Waals surface area contributed by atoms with Crippen LogP contribution in [0, 0.1) is 4.77 Å². The molecule has 8 heteroatoms. The van der Waals surface area contributed by atoms with Gasteiger partial charge in [-0.25, -0.2) is 12.7 Å². The molecule has 0 saturated carbocycles. The highest BCUT2D eigenvalue weighted by atomic mass is 32.2. The van der Waals surface area contributed by atoms with Gasteiger partial charge in [-0.3, -0.25) is 4.57 Å². The highest BCUT2D eigenvalue weighted by molar-refractivity contribution is 7.89. The first-order valence-corrected chi connectivity index (χ1v) is 10.8. The minimum atomic E-state index is -3.37. The SMILES string of the molecule is CCCN(CCC)S(=O)(=O)C1C=CC=C(n2c3c([nH]c2=S)CCN3)C1. The van der Waals surface area contributed by atoms with Crippen molar-refractivity contribution in [2.75, 3.05) is 25.0 Å². The van der Waals surface area contributed by atoms with Crippen LogP contribution in [0.15, 0.2) is 18.2 Å². The molecule has 1 aromatic rings. The number of hydrogen-bond acceptors (Lipinski definition) is 4. The second-order valence-electron chi connectivity index (χ2n) is 6.50. The van der Waals surface area contributed by atoms with Gasteiger partial charge < -0.3 is 10.3 Å². The zero-order valence-corrected chi connectivity index (χ0v) is 16.4. The van der Waals surface area contributed by atoms with Crippen LogP contribution in [0.3, 0.4) is 0 Å². The molecule has 0 aromatic carbocycles. The first-order chi connectivity index (χ1) is 12.0. The largest absolute Gasteiger partial charge is 0.369 e. The number of fused-ring (bicyclic) bond motifs is 1. The fraction of sp³-hybridized carbons (Fsp3) is 0.588. The number of nitrogens with one attached hydrogen (secondary N) is 2. The van der Waals surface area contributed by atoms with Crippen molar-refractivity contribution in [2.45, 2.75) is 44.8 Å². The molecular weight excluding hydrogens is 356 g/mol. The van der Waals surface area contributed by atoms with Crippen LogP contribution >= 0.6 is 12.2 Å². The van der Waals surface area contributed by atoms with Crippen LogP contribution in [0.2, 0.25) is 0 Å². The summed E-state index contributed by atoms with van der Waals surface area (Å²) in [5, 5.41) is 2.80. The average molecular weight is 383 g/mol. The molecule has 138 valence electrons. The molecule has 1 aliphatic carbocycles. The van der Waals surface area contributed by atoms with Crippen molar-refractivity contribution in [1.29, 1.82) is 0 Å². The summed E-state index contributed by atoms with van der Waals surface area (Å²) >= 11 is 5.45. The summed E-state index contributed by atoms with van der Waals surface area (Å²) in [5.41, 5.74) is 2.01. The Morgan fingerprint density at radius 3 is 2.72 bits per heavy atom. The standard InChI is InChI=1S/C17H26N4O2S2/c1-3-10-20(11-4-2)25(22,23)14-7-5-6-13(12-14)21-16-15(8-9-18-16)19-17(21)24/h5-7,14,18H,3-4,8-12H2,1-2H3,(H,19,24). The lowest BCUT2D eigenvalue weighted by atomic mass is 10.1. The Balaban J connectivity index is 1.88. The predicted octanol–water partition coefficient (Wildman–Crippen LogP) is 3.13. The van der Waals surface area contributed by atoms with Crippen LogP contribution in [0.4, 0.5) is 5.82 Å². The normalized spacial score (nSPS) is 19.8. The summed E-state index contributed by atoms with van der Waals surface area (Å²) in [7, 11) is -3.37. The van der Waals surface area contributed by atoms with Crippen LogP contribution in [0.5, 0.6) is 0 Å². The maximum Gasteiger partial charge on any atom is 0.220 e. The molecule has 0 radical (unpaired) electrons. The molecule has 1 aromatic heterocycles. The van der Waals surface area contributed by atoms with E-state index in [-0.39, 0.29) is 0 Å². The van der Waals surface area contributed by atoms with Crippen LogP contribution in [0.25, 0.3) is 5.70 Å². The fourth-order valence-corrected chi connectivity index (χ4v) is 5.75. The maximum absolute atomic E-state index is 13.1. The number of aromatic amines is 1. The zero-order valence-electron chi connectivity index (χ0n) is 14.8. The first-order valence-electron chi connectivity index (χ1n) is 8.93. The summed E-state index contributed by atoms with van der Waals surface area (Å²) in [6.07, 6.45) is 8.58. The van der Waals surface area contributed by atoms with E-state index >= 15 is 0 Å². The molecule has 1 unspecified atom stereocenters. The second-order valence-corrected chi connectivity index (χ2v) is 9.04. The molecule has 1 aliphatic heterocycles. The van der Waals surface area contributed by atoms with E-state index in [2.05, 4.69) is 10.3 Å². The van der Waals surface area contributed by atoms with E-state index in [1.54, 1.807) is 10.4 Å². The van der Waals surface area contributed by atoms with Crippen molar-refractivity contribution in [3.63, 3.8) is 0 Å². The van der Waals surface area contributed by atoms with E-state index in [9.17, 15) is 8.42 Å². The molecule has 0 bridgehead atoms. The molecule has 2 aliphatic rings. The van der Waals surface area contributed by atoms with Gasteiger partial charge >= 0.3 is 0 Å². The number of aromatic nitrogens is 2. The van der Waals surface area contributed by atoms with Crippen LogP contribution in [0.1, 0.15) is 38.8 Å². The Labute approximate surface area is 154 Å². The summed E-state index contributed by atoms with van der Waals surface area (Å²) in [4.78, 5) is 3.23. The lowest BCUT2D eigenvalue weighted by molar-refractivity contribution is 0.406. The quantitative estimate of drug-likeness (QED) is 0.711. The fourth-order valence-electron chi connectivity index (χ4n) is 3.49. The van der Waals surface area contributed by atoms with Gasteiger partial charge in [-0.05, 0) is 31.1 Å². The molecule has 1 atom stereocenters. The Kier molecular flexibility index (Phi) is 5.50. The van der Waals surface area contributed by atoms with Crippen LogP contribution in [-0.2, 0) is 16.4 Å². The number of anilines is 1. The third-order valence-electron chi connectivity index (χ3n) is 4.64. The summed E-state index contributed by atoms with van der Waals surface area (Å²) in [6, 6.07) is 0. The van der Waals surface area contributed by atoms with Crippen molar-refractivity contribution in [3.8, 4) is 0 Å². The molecule has 6 nitrogen and oxygen atoms in total. The highest BCUT2D eigenvalue weighted by Crippen LogP contribution is 2.31. The number of sulfonamides is 1. The minimum Gasteiger partial charge on any atom is -0.369 e. The summed E-state index contributed by atoms with van der Waals surface area (Å²) in [6.45, 7) is 6.03. The van der Waals surface area contributed by atoms with Crippen molar-refractivity contribution in [2.24, 2.45) is 0 Å². The molecule has 2 N–H and O–H groups in total. The van der Waals surface area contributed by atoms with Gasteiger partial charge in [0.05, 0.1) is 10.9 Å². The van der Waals surface area contributed by atoms with Crippen LogP contribution in [-0.4, -0.2) is 47.2 Å². The molecular formula is C17H26N4O2S2. The minimum absolute atomic E-state index is 0.434. The van der Waals surface area contributed by atoms with E-state index in [0.717, 1.165) is 43.0 Å². The Morgan fingerprint density at radius 2 is 2.04 bits per heavy atom. The third kappa shape index (κ3) is 3.47. The second kappa shape index (κ2) is 7.47. The van der Waals surface area contributed by atoms with E-state index in [1.165, 1.54) is 0 Å². The number of allylic oxidation sites excluding steroid dienone is 3. The van der Waals surface area contributed by atoms with Crippen LogP contribution < -0.4 is 5.32 Å². The molecule has 0 saturated heterocycles. The number of rotatable bonds is 7. The number of hydrogen-bond donors (Lipinski definition) is 2. The summed E-state index contributed by atoms with van der Waals surface area (Å²) < 4.78 is 30.4. The lowest BCUT2D eigenvalue weighted by Crippen LogP contribution is -2.39. The van der Waals surface area contributed by atoms with Gasteiger partial charge in [-0.1, -0.05) is 26.0 Å². The van der Waals surface area contributed by atoms with E-state index in [1.807, 2.05) is 30.6 Å². The van der Waals surface area contributed by atoms with Crippen molar-refractivity contribution < 1.29 is 8.42 Å². The third-order valence-corrected chi connectivity index (χ3v) is 7.10. The number of H-pyrrole nitrogens is 1. The highest BCUT2D eigenvalue weighted by Gasteiger charge is 2.32. The van der Waals surface area contributed by atoms with Crippen molar-refractivity contribution in [1.82, 2.24) is 13.9 Å². The zero-order chi connectivity index (χ0) is 18.0. The molecule has 0 fully saturated rings. The Hall–Kier alpha value is -1.38. The average Bonchev–Trinajstić information content (AvgIpc) is 3.14. The van der Waals surface area contributed by atoms with Gasteiger partial charge in [0, 0.05) is 38.2 Å². The summed E-state index contributed by atoms with van der Waals surface area (Å²) in [5.74, 6) is 0.974. The maximum atomic E-state index is 13.1. The smallest absolute Gasteiger partial charge is 0.220 e. The van der Waals surface area contributed by atoms with Gasteiger partial charge in [0.25, 0.3) is 0 Å². The Morgan fingerprint density at radius 1 is 1.32 bits per heavy atom. The molecule has 0 spiro atoms. The molecule has 25 heavy (non-hydrogen) atoms. The molecule has 3 rings (SSSR count). The Bertz CT molecular complexity index is 842. The van der Waals surface area contributed by atoms with Gasteiger partial charge in [0.2, 0.25) is 10.0 Å². The molecule has 0 amide bonds. The van der Waals surface area contributed by atoms with E-state index in [4.69, 9.17) is 12.2 Å². The lowest BCUT2D eigenvalue weighted by Gasteiger charge is -2.27.